The maximum atomic E-state index is 14.2. The summed E-state index contributed by atoms with van der Waals surface area (Å²) in [5.74, 6) is 1.15. The number of nitriles is 1. The van der Waals surface area contributed by atoms with E-state index in [1.807, 2.05) is 6.07 Å². The first-order chi connectivity index (χ1) is 15.1. The minimum atomic E-state index is -0.599. The van der Waals surface area contributed by atoms with Crippen molar-refractivity contribution in [2.75, 3.05) is 10.6 Å². The fourth-order valence-electron chi connectivity index (χ4n) is 2.59. The van der Waals surface area contributed by atoms with Gasteiger partial charge in [-0.2, -0.15) is 15.2 Å². The van der Waals surface area contributed by atoms with Crippen molar-refractivity contribution < 1.29 is 13.7 Å². The molecule has 2 heterocycles. The lowest BCUT2D eigenvalue weighted by Gasteiger charge is -2.10. The van der Waals surface area contributed by atoms with Crippen LogP contribution in [0, 0.1) is 24.1 Å². The van der Waals surface area contributed by atoms with Gasteiger partial charge in [0.25, 0.3) is 0 Å². The molecule has 0 saturated heterocycles. The number of aromatic nitrogens is 4. The second-order valence-electron chi connectivity index (χ2n) is 6.37. The Bertz CT molecular complexity index is 1220. The van der Waals surface area contributed by atoms with Gasteiger partial charge in [-0.1, -0.05) is 5.16 Å². The standard InChI is InChI=1S/C21H16FN7O2/c1-13-25-19(29-31-13)12-30-17-8-6-15(7-9-17)26-20-18(22)11-24-21(28-20)27-16-4-2-14(10-23)3-5-16/h2-9,11H,12H2,1H3,(H2,24,26,27,28). The van der Waals surface area contributed by atoms with E-state index in [4.69, 9.17) is 14.5 Å². The summed E-state index contributed by atoms with van der Waals surface area (Å²) in [6.07, 6.45) is 1.08. The number of aryl methyl sites for hydroxylation is 1. The predicted octanol–water partition coefficient (Wildman–Crippen LogP) is 4.25. The largest absolute Gasteiger partial charge is 0.485 e. The normalized spacial score (nSPS) is 10.4. The predicted molar refractivity (Wildman–Crippen MR) is 110 cm³/mol. The van der Waals surface area contributed by atoms with Crippen LogP contribution in [-0.2, 0) is 6.61 Å². The minimum Gasteiger partial charge on any atom is -0.485 e. The summed E-state index contributed by atoms with van der Waals surface area (Å²) >= 11 is 0. The van der Waals surface area contributed by atoms with Gasteiger partial charge in [-0.15, -0.1) is 0 Å². The number of anilines is 4. The van der Waals surface area contributed by atoms with Crippen LogP contribution in [0.2, 0.25) is 0 Å². The van der Waals surface area contributed by atoms with Gasteiger partial charge in [0.1, 0.15) is 5.75 Å². The summed E-state index contributed by atoms with van der Waals surface area (Å²) in [7, 11) is 0. The first kappa shape index (κ1) is 19.8. The maximum Gasteiger partial charge on any atom is 0.229 e. The molecule has 0 fully saturated rings. The van der Waals surface area contributed by atoms with Crippen LogP contribution in [-0.4, -0.2) is 20.1 Å². The lowest BCUT2D eigenvalue weighted by molar-refractivity contribution is 0.286. The minimum absolute atomic E-state index is 0.0158. The summed E-state index contributed by atoms with van der Waals surface area (Å²) in [5, 5.41) is 18.5. The monoisotopic (exact) mass is 417 g/mol. The van der Waals surface area contributed by atoms with Crippen LogP contribution in [0.5, 0.6) is 5.75 Å². The third kappa shape index (κ3) is 5.10. The molecule has 0 spiro atoms. The van der Waals surface area contributed by atoms with E-state index in [1.54, 1.807) is 55.5 Å². The molecular weight excluding hydrogens is 401 g/mol. The molecule has 10 heteroatoms. The van der Waals surface area contributed by atoms with Crippen molar-refractivity contribution in [2.24, 2.45) is 0 Å². The number of benzene rings is 2. The van der Waals surface area contributed by atoms with E-state index in [-0.39, 0.29) is 18.4 Å². The molecule has 0 aliphatic carbocycles. The van der Waals surface area contributed by atoms with Crippen LogP contribution in [0.4, 0.5) is 27.5 Å². The molecule has 0 atom stereocenters. The lowest BCUT2D eigenvalue weighted by atomic mass is 10.2. The molecule has 0 radical (unpaired) electrons. The van der Waals surface area contributed by atoms with Crippen molar-refractivity contribution in [3.63, 3.8) is 0 Å². The first-order valence-electron chi connectivity index (χ1n) is 9.18. The van der Waals surface area contributed by atoms with Crippen molar-refractivity contribution >= 4 is 23.1 Å². The van der Waals surface area contributed by atoms with E-state index in [2.05, 4.69) is 30.7 Å². The second-order valence-corrected chi connectivity index (χ2v) is 6.37. The zero-order valence-corrected chi connectivity index (χ0v) is 16.3. The van der Waals surface area contributed by atoms with Crippen molar-refractivity contribution in [2.45, 2.75) is 13.5 Å². The highest BCUT2D eigenvalue weighted by molar-refractivity contribution is 5.60. The van der Waals surface area contributed by atoms with E-state index in [1.165, 1.54) is 0 Å². The van der Waals surface area contributed by atoms with Gasteiger partial charge in [-0.3, -0.25) is 0 Å². The van der Waals surface area contributed by atoms with E-state index in [0.717, 1.165) is 6.20 Å². The van der Waals surface area contributed by atoms with Gasteiger partial charge >= 0.3 is 0 Å². The van der Waals surface area contributed by atoms with Crippen molar-refractivity contribution in [3.8, 4) is 11.8 Å². The quantitative estimate of drug-likeness (QED) is 0.454. The van der Waals surface area contributed by atoms with E-state index < -0.39 is 5.82 Å². The molecule has 0 amide bonds. The molecule has 0 aliphatic heterocycles. The number of hydrogen-bond acceptors (Lipinski definition) is 9. The number of rotatable bonds is 7. The Morgan fingerprint density at radius 2 is 1.74 bits per heavy atom. The molecule has 4 rings (SSSR count). The molecular formula is C21H16FN7O2. The smallest absolute Gasteiger partial charge is 0.229 e. The van der Waals surface area contributed by atoms with Crippen LogP contribution in [0.15, 0.2) is 59.3 Å². The van der Waals surface area contributed by atoms with E-state index >= 15 is 0 Å². The average molecular weight is 417 g/mol. The Morgan fingerprint density at radius 1 is 1.03 bits per heavy atom. The Balaban J connectivity index is 1.41. The van der Waals surface area contributed by atoms with Gasteiger partial charge in [-0.05, 0) is 48.5 Å². The Morgan fingerprint density at radius 3 is 2.42 bits per heavy atom. The Labute approximate surface area is 176 Å². The summed E-state index contributed by atoms with van der Waals surface area (Å²) < 4.78 is 24.7. The highest BCUT2D eigenvalue weighted by atomic mass is 19.1. The second kappa shape index (κ2) is 8.87. The summed E-state index contributed by atoms with van der Waals surface area (Å²) in [6.45, 7) is 1.88. The molecule has 0 bridgehead atoms. The van der Waals surface area contributed by atoms with Gasteiger partial charge in [0, 0.05) is 18.3 Å². The van der Waals surface area contributed by atoms with Crippen LogP contribution in [0.25, 0.3) is 0 Å². The van der Waals surface area contributed by atoms with Crippen LogP contribution in [0.3, 0.4) is 0 Å². The number of nitrogens with zero attached hydrogens (tertiary/aromatic N) is 5. The van der Waals surface area contributed by atoms with Crippen LogP contribution >= 0.6 is 0 Å². The lowest BCUT2D eigenvalue weighted by Crippen LogP contribution is -2.03. The third-order valence-electron chi connectivity index (χ3n) is 4.07. The molecule has 0 unspecified atom stereocenters. The Hall–Kier alpha value is -4.52. The molecule has 31 heavy (non-hydrogen) atoms. The average Bonchev–Trinajstić information content (AvgIpc) is 3.21. The van der Waals surface area contributed by atoms with Gasteiger partial charge in [0.15, 0.2) is 18.2 Å². The van der Waals surface area contributed by atoms with Gasteiger partial charge < -0.3 is 19.9 Å². The molecule has 2 aromatic carbocycles. The molecule has 154 valence electrons. The van der Waals surface area contributed by atoms with Crippen molar-refractivity contribution in [3.05, 3.63) is 77.8 Å². The zero-order chi connectivity index (χ0) is 21.6. The highest BCUT2D eigenvalue weighted by Crippen LogP contribution is 2.23. The highest BCUT2D eigenvalue weighted by Gasteiger charge is 2.09. The van der Waals surface area contributed by atoms with Crippen molar-refractivity contribution in [1.29, 1.82) is 5.26 Å². The number of halogens is 1. The summed E-state index contributed by atoms with van der Waals surface area (Å²) in [5.41, 5.74) is 1.83. The number of hydrogen-bond donors (Lipinski definition) is 2. The Kier molecular flexibility index (Phi) is 5.66. The van der Waals surface area contributed by atoms with Crippen molar-refractivity contribution in [1.82, 2.24) is 20.1 Å². The molecule has 2 N–H and O–H groups in total. The topological polar surface area (TPSA) is 122 Å². The molecule has 4 aromatic rings. The van der Waals surface area contributed by atoms with Crippen LogP contribution < -0.4 is 15.4 Å². The van der Waals surface area contributed by atoms with Gasteiger partial charge in [0.2, 0.25) is 17.7 Å². The third-order valence-corrected chi connectivity index (χ3v) is 4.07. The molecule has 0 saturated carbocycles. The van der Waals surface area contributed by atoms with Gasteiger partial charge in [0.05, 0.1) is 17.8 Å². The number of ether oxygens (including phenoxy) is 1. The molecule has 0 aliphatic rings. The molecule has 9 nitrogen and oxygen atoms in total. The van der Waals surface area contributed by atoms with E-state index in [9.17, 15) is 4.39 Å². The molecule has 2 aromatic heterocycles. The van der Waals surface area contributed by atoms with Gasteiger partial charge in [-0.25, -0.2) is 9.37 Å². The summed E-state index contributed by atoms with van der Waals surface area (Å²) in [4.78, 5) is 12.2. The maximum absolute atomic E-state index is 14.2. The van der Waals surface area contributed by atoms with Crippen LogP contribution in [0.1, 0.15) is 17.3 Å². The summed E-state index contributed by atoms with van der Waals surface area (Å²) in [6, 6.07) is 15.7. The fraction of sp³-hybridized carbons (Fsp3) is 0.0952. The van der Waals surface area contributed by atoms with E-state index in [0.29, 0.717) is 34.4 Å². The zero-order valence-electron chi connectivity index (χ0n) is 16.3. The number of nitrogens with one attached hydrogen (secondary N) is 2. The SMILES string of the molecule is Cc1nc(COc2ccc(Nc3nc(Nc4ccc(C#N)cc4)ncc3F)cc2)no1. The fourth-order valence-corrected chi connectivity index (χ4v) is 2.59. The first-order valence-corrected chi connectivity index (χ1v) is 9.18.